The molecule has 0 aromatic heterocycles. The lowest BCUT2D eigenvalue weighted by Gasteiger charge is -2.33. The van der Waals surface area contributed by atoms with Gasteiger partial charge in [0.2, 0.25) is 0 Å². The Morgan fingerprint density at radius 2 is 1.65 bits per heavy atom. The highest BCUT2D eigenvalue weighted by atomic mass is 16.1. The van der Waals surface area contributed by atoms with E-state index in [0.29, 0.717) is 0 Å². The molecule has 0 fully saturated rings. The SMILES string of the molecule is CC(=O)/C=C/C(C)=C(C)/C=C/C1=C(C)CCCC1(C)C. The predicted octanol–water partition coefficient (Wildman–Crippen LogP) is 5.55. The molecule has 0 saturated carbocycles. The molecule has 0 spiro atoms. The fourth-order valence-electron chi connectivity index (χ4n) is 2.72. The Kier molecular flexibility index (Phi) is 5.74. The Bertz CT molecular complexity index is 496. The van der Waals surface area contributed by atoms with Crippen LogP contribution in [-0.4, -0.2) is 5.78 Å². The van der Waals surface area contributed by atoms with E-state index >= 15 is 0 Å². The largest absolute Gasteiger partial charge is 0.295 e. The van der Waals surface area contributed by atoms with Gasteiger partial charge in [-0.05, 0) is 75.2 Å². The quantitative estimate of drug-likeness (QED) is 0.484. The molecule has 0 aliphatic heterocycles. The van der Waals surface area contributed by atoms with Crippen molar-refractivity contribution in [3.8, 4) is 0 Å². The van der Waals surface area contributed by atoms with E-state index in [1.807, 2.05) is 13.0 Å². The molecular weight excluding hydrogens is 244 g/mol. The van der Waals surface area contributed by atoms with Crippen LogP contribution in [0.3, 0.4) is 0 Å². The number of allylic oxidation sites excluding steroid dienone is 8. The third-order valence-electron chi connectivity index (χ3n) is 4.23. The van der Waals surface area contributed by atoms with Crippen LogP contribution in [0.15, 0.2) is 46.6 Å². The molecule has 0 heterocycles. The lowest BCUT2D eigenvalue weighted by atomic mass is 9.72. The highest BCUT2D eigenvalue weighted by molar-refractivity contribution is 5.87. The molecule has 20 heavy (non-hydrogen) atoms. The summed E-state index contributed by atoms with van der Waals surface area (Å²) < 4.78 is 0. The van der Waals surface area contributed by atoms with E-state index in [0.717, 1.165) is 5.57 Å². The maximum atomic E-state index is 11.0. The van der Waals surface area contributed by atoms with E-state index in [2.05, 4.69) is 39.8 Å². The third kappa shape index (κ3) is 4.63. The van der Waals surface area contributed by atoms with Crippen molar-refractivity contribution in [2.45, 2.75) is 60.8 Å². The zero-order chi connectivity index (χ0) is 15.3. The summed E-state index contributed by atoms with van der Waals surface area (Å²) >= 11 is 0. The van der Waals surface area contributed by atoms with Crippen LogP contribution in [-0.2, 0) is 4.79 Å². The normalized spacial score (nSPS) is 20.7. The Morgan fingerprint density at radius 3 is 2.20 bits per heavy atom. The van der Waals surface area contributed by atoms with Crippen LogP contribution < -0.4 is 0 Å². The standard InChI is InChI=1S/C19H28O/c1-14(9-11-17(4)20)15(2)10-12-18-16(3)8-7-13-19(18,5)6/h9-12H,7-8,13H2,1-6H3/b11-9+,12-10+,15-14+. The number of hydrogen-bond acceptors (Lipinski definition) is 1. The molecule has 0 aromatic carbocycles. The minimum absolute atomic E-state index is 0.0908. The first-order valence-electron chi connectivity index (χ1n) is 7.48. The Morgan fingerprint density at radius 1 is 1.05 bits per heavy atom. The van der Waals surface area contributed by atoms with Crippen molar-refractivity contribution in [3.05, 3.63) is 46.6 Å². The van der Waals surface area contributed by atoms with Gasteiger partial charge in [0.05, 0.1) is 0 Å². The molecule has 1 aliphatic rings. The lowest BCUT2D eigenvalue weighted by Crippen LogP contribution is -2.19. The first-order valence-corrected chi connectivity index (χ1v) is 7.48. The molecule has 1 nitrogen and oxygen atoms in total. The molecule has 1 aliphatic carbocycles. The second-order valence-corrected chi connectivity index (χ2v) is 6.57. The highest BCUT2D eigenvalue weighted by Gasteiger charge is 2.26. The van der Waals surface area contributed by atoms with Crippen LogP contribution in [0, 0.1) is 5.41 Å². The van der Waals surface area contributed by atoms with Crippen LogP contribution >= 0.6 is 0 Å². The second-order valence-electron chi connectivity index (χ2n) is 6.57. The van der Waals surface area contributed by atoms with Crippen molar-refractivity contribution in [2.75, 3.05) is 0 Å². The van der Waals surface area contributed by atoms with Gasteiger partial charge in [0.1, 0.15) is 0 Å². The monoisotopic (exact) mass is 272 g/mol. The fourth-order valence-corrected chi connectivity index (χ4v) is 2.72. The smallest absolute Gasteiger partial charge is 0.152 e. The first-order chi connectivity index (χ1) is 9.24. The van der Waals surface area contributed by atoms with Crippen molar-refractivity contribution in [1.82, 2.24) is 0 Å². The van der Waals surface area contributed by atoms with Gasteiger partial charge in [-0.2, -0.15) is 0 Å². The van der Waals surface area contributed by atoms with Crippen molar-refractivity contribution in [1.29, 1.82) is 0 Å². The van der Waals surface area contributed by atoms with Crippen molar-refractivity contribution < 1.29 is 4.79 Å². The topological polar surface area (TPSA) is 17.1 Å². The second kappa shape index (κ2) is 6.88. The van der Waals surface area contributed by atoms with E-state index in [-0.39, 0.29) is 11.2 Å². The Labute approximate surface area is 124 Å². The van der Waals surface area contributed by atoms with E-state index in [1.54, 1.807) is 13.0 Å². The van der Waals surface area contributed by atoms with Gasteiger partial charge < -0.3 is 0 Å². The average molecular weight is 272 g/mol. The zero-order valence-electron chi connectivity index (χ0n) is 13.8. The van der Waals surface area contributed by atoms with Crippen molar-refractivity contribution >= 4 is 5.78 Å². The summed E-state index contributed by atoms with van der Waals surface area (Å²) in [5.41, 5.74) is 5.63. The summed E-state index contributed by atoms with van der Waals surface area (Å²) in [4.78, 5) is 11.0. The van der Waals surface area contributed by atoms with E-state index in [4.69, 9.17) is 0 Å². The number of rotatable bonds is 4. The molecule has 0 radical (unpaired) electrons. The molecule has 0 atom stereocenters. The first kappa shape index (κ1) is 16.7. The molecule has 0 bridgehead atoms. The molecular formula is C19H28O. The van der Waals surface area contributed by atoms with Gasteiger partial charge >= 0.3 is 0 Å². The third-order valence-corrected chi connectivity index (χ3v) is 4.23. The number of carbonyl (C=O) groups excluding carboxylic acids is 1. The van der Waals surface area contributed by atoms with Gasteiger partial charge in [0.25, 0.3) is 0 Å². The molecule has 0 unspecified atom stereocenters. The van der Waals surface area contributed by atoms with Crippen LogP contribution in [0.1, 0.15) is 60.8 Å². The van der Waals surface area contributed by atoms with Crippen LogP contribution in [0.25, 0.3) is 0 Å². The molecule has 1 rings (SSSR count). The van der Waals surface area contributed by atoms with Gasteiger partial charge in [-0.1, -0.05) is 37.6 Å². The molecule has 110 valence electrons. The highest BCUT2D eigenvalue weighted by Crippen LogP contribution is 2.40. The summed E-state index contributed by atoms with van der Waals surface area (Å²) in [6.45, 7) is 12.6. The molecule has 0 saturated heterocycles. The van der Waals surface area contributed by atoms with Gasteiger partial charge in [-0.25, -0.2) is 0 Å². The van der Waals surface area contributed by atoms with Crippen LogP contribution in [0.4, 0.5) is 0 Å². The maximum absolute atomic E-state index is 11.0. The van der Waals surface area contributed by atoms with Gasteiger partial charge in [-0.15, -0.1) is 0 Å². The van der Waals surface area contributed by atoms with E-state index < -0.39 is 0 Å². The summed E-state index contributed by atoms with van der Waals surface area (Å²) in [5.74, 6) is 0.0908. The van der Waals surface area contributed by atoms with Crippen molar-refractivity contribution in [2.24, 2.45) is 5.41 Å². The summed E-state index contributed by atoms with van der Waals surface area (Å²) in [5, 5.41) is 0. The Hall–Kier alpha value is -1.37. The molecule has 0 aromatic rings. The predicted molar refractivity (Wildman–Crippen MR) is 87.7 cm³/mol. The van der Waals surface area contributed by atoms with Gasteiger partial charge in [-0.3, -0.25) is 4.79 Å². The fraction of sp³-hybridized carbons (Fsp3) is 0.526. The maximum Gasteiger partial charge on any atom is 0.152 e. The summed E-state index contributed by atoms with van der Waals surface area (Å²) in [7, 11) is 0. The summed E-state index contributed by atoms with van der Waals surface area (Å²) in [6.07, 6.45) is 11.8. The molecule has 0 N–H and O–H groups in total. The van der Waals surface area contributed by atoms with E-state index in [1.165, 1.54) is 36.0 Å². The zero-order valence-corrected chi connectivity index (χ0v) is 13.8. The summed E-state index contributed by atoms with van der Waals surface area (Å²) in [6, 6.07) is 0. The van der Waals surface area contributed by atoms with E-state index in [9.17, 15) is 4.79 Å². The number of hydrogen-bond donors (Lipinski definition) is 0. The van der Waals surface area contributed by atoms with Crippen LogP contribution in [0.5, 0.6) is 0 Å². The van der Waals surface area contributed by atoms with Gasteiger partial charge in [0.15, 0.2) is 5.78 Å². The molecule has 0 amide bonds. The average Bonchev–Trinajstić information content (AvgIpc) is 2.34. The number of carbonyl (C=O) groups is 1. The van der Waals surface area contributed by atoms with Crippen LogP contribution in [0.2, 0.25) is 0 Å². The number of ketones is 1. The molecule has 1 heteroatoms. The Balaban J connectivity index is 2.96. The van der Waals surface area contributed by atoms with Crippen molar-refractivity contribution in [3.63, 3.8) is 0 Å². The minimum Gasteiger partial charge on any atom is -0.295 e. The van der Waals surface area contributed by atoms with Gasteiger partial charge in [0, 0.05) is 0 Å². The minimum atomic E-state index is 0.0908. The lowest BCUT2D eigenvalue weighted by molar-refractivity contribution is -0.112.